The second-order valence-corrected chi connectivity index (χ2v) is 6.68. The number of aryl methyl sites for hydroxylation is 1. The largest absolute Gasteiger partial charge is 0.484 e. The Balaban J connectivity index is 2.11. The van der Waals surface area contributed by atoms with E-state index in [0.29, 0.717) is 23.9 Å². The van der Waals surface area contributed by atoms with Crippen LogP contribution >= 0.6 is 11.6 Å². The lowest BCUT2D eigenvalue weighted by atomic mass is 10.1. The molecule has 2 aromatic carbocycles. The summed E-state index contributed by atoms with van der Waals surface area (Å²) in [5.41, 5.74) is 1.82. The average molecular weight is 389 g/mol. The van der Waals surface area contributed by atoms with Crippen LogP contribution in [0, 0.1) is 6.92 Å². The number of carbonyl (C=O) groups is 2. The van der Waals surface area contributed by atoms with Crippen LogP contribution < -0.4 is 10.1 Å². The molecule has 0 aromatic heterocycles. The van der Waals surface area contributed by atoms with Crippen molar-refractivity contribution in [3.05, 3.63) is 64.7 Å². The normalized spacial score (nSPS) is 11.6. The maximum absolute atomic E-state index is 12.8. The molecule has 2 aromatic rings. The number of ether oxygens (including phenoxy) is 1. The van der Waals surface area contributed by atoms with Crippen LogP contribution in [0.3, 0.4) is 0 Å². The lowest BCUT2D eigenvalue weighted by Crippen LogP contribution is -2.49. The summed E-state index contributed by atoms with van der Waals surface area (Å²) in [6, 6.07) is 14.2. The van der Waals surface area contributed by atoms with Gasteiger partial charge in [0.05, 0.1) is 0 Å². The summed E-state index contributed by atoms with van der Waals surface area (Å²) in [5, 5.41) is 3.41. The Kier molecular flexibility index (Phi) is 7.67. The van der Waals surface area contributed by atoms with Crippen LogP contribution in [0.5, 0.6) is 5.75 Å². The smallest absolute Gasteiger partial charge is 0.261 e. The van der Waals surface area contributed by atoms with E-state index in [1.165, 1.54) is 4.90 Å². The van der Waals surface area contributed by atoms with Crippen LogP contribution in [0.25, 0.3) is 0 Å². The van der Waals surface area contributed by atoms with Crippen molar-refractivity contribution in [2.45, 2.75) is 33.4 Å². The minimum Gasteiger partial charge on any atom is -0.484 e. The van der Waals surface area contributed by atoms with Crippen LogP contribution in [0.2, 0.25) is 5.02 Å². The first-order valence-electron chi connectivity index (χ1n) is 8.92. The Hall–Kier alpha value is -2.53. The van der Waals surface area contributed by atoms with Crippen LogP contribution in [0.4, 0.5) is 0 Å². The Morgan fingerprint density at radius 2 is 1.89 bits per heavy atom. The number of amides is 2. The first-order valence-corrected chi connectivity index (χ1v) is 9.30. The number of carbonyl (C=O) groups excluding carboxylic acids is 2. The standard InChI is InChI=1S/C21H25ClN2O3/c1-4-23-21(26)16(3)24(13-17-8-6-5-7-9-17)20(25)14-27-18-10-11-19(22)15(2)12-18/h5-12,16H,4,13-14H2,1-3H3,(H,23,26)/t16-/m0/s1. The van der Waals surface area contributed by atoms with Crippen LogP contribution in [-0.4, -0.2) is 35.9 Å². The van der Waals surface area contributed by atoms with E-state index in [1.807, 2.05) is 44.2 Å². The van der Waals surface area contributed by atoms with Crippen molar-refractivity contribution in [2.24, 2.45) is 0 Å². The zero-order chi connectivity index (χ0) is 19.8. The fourth-order valence-corrected chi connectivity index (χ4v) is 2.74. The van der Waals surface area contributed by atoms with Gasteiger partial charge in [-0.25, -0.2) is 0 Å². The van der Waals surface area contributed by atoms with Gasteiger partial charge in [-0.05, 0) is 50.1 Å². The van der Waals surface area contributed by atoms with E-state index in [4.69, 9.17) is 16.3 Å². The number of nitrogens with zero attached hydrogens (tertiary/aromatic N) is 1. The van der Waals surface area contributed by atoms with Crippen molar-refractivity contribution >= 4 is 23.4 Å². The maximum atomic E-state index is 12.8. The molecule has 144 valence electrons. The molecule has 6 heteroatoms. The highest BCUT2D eigenvalue weighted by atomic mass is 35.5. The Morgan fingerprint density at radius 3 is 2.52 bits per heavy atom. The summed E-state index contributed by atoms with van der Waals surface area (Å²) in [5.74, 6) is 0.116. The van der Waals surface area contributed by atoms with Gasteiger partial charge in [0.25, 0.3) is 5.91 Å². The maximum Gasteiger partial charge on any atom is 0.261 e. The van der Waals surface area contributed by atoms with Gasteiger partial charge in [-0.2, -0.15) is 0 Å². The van der Waals surface area contributed by atoms with Gasteiger partial charge < -0.3 is 15.0 Å². The van der Waals surface area contributed by atoms with Crippen molar-refractivity contribution in [3.63, 3.8) is 0 Å². The Labute approximate surface area is 165 Å². The summed E-state index contributed by atoms with van der Waals surface area (Å²) >= 11 is 6.02. The summed E-state index contributed by atoms with van der Waals surface area (Å²) in [7, 11) is 0. The predicted molar refractivity (Wildman–Crippen MR) is 107 cm³/mol. The fourth-order valence-electron chi connectivity index (χ4n) is 2.62. The second kappa shape index (κ2) is 9.97. The van der Waals surface area contributed by atoms with E-state index in [-0.39, 0.29) is 18.4 Å². The quantitative estimate of drug-likeness (QED) is 0.751. The molecule has 5 nitrogen and oxygen atoms in total. The summed E-state index contributed by atoms with van der Waals surface area (Å²) in [4.78, 5) is 26.6. The molecule has 0 heterocycles. The molecular formula is C21H25ClN2O3. The average Bonchev–Trinajstić information content (AvgIpc) is 2.67. The number of benzene rings is 2. The van der Waals surface area contributed by atoms with Gasteiger partial charge in [0.15, 0.2) is 6.61 Å². The predicted octanol–water partition coefficient (Wildman–Crippen LogP) is 3.58. The second-order valence-electron chi connectivity index (χ2n) is 6.28. The van der Waals surface area contributed by atoms with E-state index in [9.17, 15) is 9.59 Å². The monoisotopic (exact) mass is 388 g/mol. The van der Waals surface area contributed by atoms with E-state index in [1.54, 1.807) is 25.1 Å². The highest BCUT2D eigenvalue weighted by Crippen LogP contribution is 2.21. The molecule has 0 aliphatic heterocycles. The highest BCUT2D eigenvalue weighted by molar-refractivity contribution is 6.31. The van der Waals surface area contributed by atoms with Gasteiger partial charge in [0.2, 0.25) is 5.91 Å². The van der Waals surface area contributed by atoms with Crippen molar-refractivity contribution < 1.29 is 14.3 Å². The lowest BCUT2D eigenvalue weighted by Gasteiger charge is -2.28. The number of nitrogens with one attached hydrogen (secondary N) is 1. The first kappa shape index (κ1) is 20.8. The molecule has 0 aliphatic rings. The Bertz CT molecular complexity index is 780. The number of rotatable bonds is 8. The van der Waals surface area contributed by atoms with Crippen molar-refractivity contribution in [1.29, 1.82) is 0 Å². The molecular weight excluding hydrogens is 364 g/mol. The molecule has 0 saturated carbocycles. The van der Waals surface area contributed by atoms with Crippen LogP contribution in [-0.2, 0) is 16.1 Å². The molecule has 0 fully saturated rings. The molecule has 0 bridgehead atoms. The fraction of sp³-hybridized carbons (Fsp3) is 0.333. The topological polar surface area (TPSA) is 58.6 Å². The molecule has 1 atom stereocenters. The lowest BCUT2D eigenvalue weighted by molar-refractivity contribution is -0.142. The summed E-state index contributed by atoms with van der Waals surface area (Å²) in [6.07, 6.45) is 0. The minimum absolute atomic E-state index is 0.155. The number of hydrogen-bond acceptors (Lipinski definition) is 3. The molecule has 0 unspecified atom stereocenters. The Morgan fingerprint density at radius 1 is 1.19 bits per heavy atom. The van der Waals surface area contributed by atoms with Crippen molar-refractivity contribution in [3.8, 4) is 5.75 Å². The zero-order valence-electron chi connectivity index (χ0n) is 15.9. The van der Waals surface area contributed by atoms with Gasteiger partial charge in [-0.15, -0.1) is 0 Å². The van der Waals surface area contributed by atoms with Gasteiger partial charge in [0.1, 0.15) is 11.8 Å². The van der Waals surface area contributed by atoms with E-state index in [0.717, 1.165) is 11.1 Å². The summed E-state index contributed by atoms with van der Waals surface area (Å²) in [6.45, 7) is 6.13. The van der Waals surface area contributed by atoms with Gasteiger partial charge >= 0.3 is 0 Å². The zero-order valence-corrected chi connectivity index (χ0v) is 16.6. The van der Waals surface area contributed by atoms with Gasteiger partial charge in [-0.3, -0.25) is 9.59 Å². The van der Waals surface area contributed by atoms with E-state index in [2.05, 4.69) is 5.32 Å². The van der Waals surface area contributed by atoms with E-state index >= 15 is 0 Å². The third kappa shape index (κ3) is 6.00. The van der Waals surface area contributed by atoms with Crippen molar-refractivity contribution in [1.82, 2.24) is 10.2 Å². The third-order valence-corrected chi connectivity index (χ3v) is 4.63. The molecule has 0 radical (unpaired) electrons. The van der Waals surface area contributed by atoms with Gasteiger partial charge in [0, 0.05) is 18.1 Å². The highest BCUT2D eigenvalue weighted by Gasteiger charge is 2.26. The SMILES string of the molecule is CCNC(=O)[C@H](C)N(Cc1ccccc1)C(=O)COc1ccc(Cl)c(C)c1. The number of halogens is 1. The molecule has 0 saturated heterocycles. The summed E-state index contributed by atoms with van der Waals surface area (Å²) < 4.78 is 5.63. The van der Waals surface area contributed by atoms with Crippen LogP contribution in [0.1, 0.15) is 25.0 Å². The first-order chi connectivity index (χ1) is 12.9. The molecule has 0 aliphatic carbocycles. The molecule has 2 amide bonds. The number of hydrogen-bond donors (Lipinski definition) is 1. The van der Waals surface area contributed by atoms with Crippen molar-refractivity contribution in [2.75, 3.05) is 13.2 Å². The van der Waals surface area contributed by atoms with Gasteiger partial charge in [-0.1, -0.05) is 41.9 Å². The third-order valence-electron chi connectivity index (χ3n) is 4.21. The van der Waals surface area contributed by atoms with E-state index < -0.39 is 6.04 Å². The minimum atomic E-state index is -0.604. The number of likely N-dealkylation sites (N-methyl/N-ethyl adjacent to an activating group) is 1. The molecule has 27 heavy (non-hydrogen) atoms. The molecule has 1 N–H and O–H groups in total. The molecule has 2 rings (SSSR count). The molecule has 0 spiro atoms. The van der Waals surface area contributed by atoms with Crippen LogP contribution in [0.15, 0.2) is 48.5 Å².